The molecule has 2 saturated heterocycles. The van der Waals surface area contributed by atoms with E-state index in [2.05, 4.69) is 75.8 Å². The summed E-state index contributed by atoms with van der Waals surface area (Å²) in [6.45, 7) is 17.3. The Labute approximate surface area is 226 Å². The Morgan fingerprint density at radius 2 is 1.58 bits per heavy atom. The van der Waals surface area contributed by atoms with E-state index in [0.29, 0.717) is 0 Å². The number of benzene rings is 1. The lowest BCUT2D eigenvalue weighted by atomic mass is 10.00. The molecule has 210 valence electrons. The van der Waals surface area contributed by atoms with Crippen molar-refractivity contribution in [3.63, 3.8) is 0 Å². The summed E-state index contributed by atoms with van der Waals surface area (Å²) in [5, 5.41) is 12.9. The van der Waals surface area contributed by atoms with Crippen LogP contribution >= 0.6 is 0 Å². The predicted octanol–water partition coefficient (Wildman–Crippen LogP) is 4.03. The molecule has 4 atom stereocenters. The maximum atomic E-state index is 12.0. The molecule has 2 aliphatic rings. The van der Waals surface area contributed by atoms with Crippen LogP contribution in [0.3, 0.4) is 0 Å². The lowest BCUT2D eigenvalue weighted by molar-refractivity contribution is -0.283. The fourth-order valence-corrected chi connectivity index (χ4v) is 12.4. The van der Waals surface area contributed by atoms with Gasteiger partial charge in [-0.2, -0.15) is 4.98 Å². The first kappa shape index (κ1) is 28.9. The van der Waals surface area contributed by atoms with Crippen molar-refractivity contribution in [3.05, 3.63) is 42.1 Å². The summed E-state index contributed by atoms with van der Waals surface area (Å²) in [7, 11) is 0.221. The molecule has 0 spiro atoms. The minimum Gasteiger partial charge on any atom is -0.480 e. The second-order valence-electron chi connectivity index (χ2n) is 12.5. The quantitative estimate of drug-likeness (QED) is 0.516. The van der Waals surface area contributed by atoms with E-state index in [0.717, 1.165) is 0 Å². The van der Waals surface area contributed by atoms with Gasteiger partial charge in [0.05, 0.1) is 26.4 Å². The highest BCUT2D eigenvalue weighted by atomic mass is 28.4. The molecule has 38 heavy (non-hydrogen) atoms. The van der Waals surface area contributed by atoms with Crippen molar-refractivity contribution >= 4 is 13.5 Å². The third-order valence-corrected chi connectivity index (χ3v) is 13.4. The maximum absolute atomic E-state index is 12.0. The van der Waals surface area contributed by atoms with E-state index in [-0.39, 0.29) is 34.1 Å². The van der Waals surface area contributed by atoms with Gasteiger partial charge in [-0.1, -0.05) is 71.9 Å². The second-order valence-corrected chi connectivity index (χ2v) is 17.7. The van der Waals surface area contributed by atoms with Crippen LogP contribution in [0, 0.1) is 0 Å². The number of fused-ring (bicyclic) bond motifs is 1. The number of nitrogens with zero attached hydrogens (tertiary/aromatic N) is 2. The number of aliphatic hydroxyl groups is 1. The first-order valence-corrected chi connectivity index (χ1v) is 14.9. The van der Waals surface area contributed by atoms with Crippen molar-refractivity contribution in [1.29, 1.82) is 0 Å². The molecule has 0 bridgehead atoms. The summed E-state index contributed by atoms with van der Waals surface area (Å²) in [5.41, 5.74) is 0.234. The molecular weight excluding hydrogens is 504 g/mol. The van der Waals surface area contributed by atoms with Crippen LogP contribution < -0.4 is 14.7 Å². The van der Waals surface area contributed by atoms with Crippen LogP contribution in [-0.4, -0.2) is 68.3 Å². The van der Waals surface area contributed by atoms with Gasteiger partial charge in [0, 0.05) is 6.20 Å². The molecule has 0 aliphatic carbocycles. The number of ether oxygens (including phenoxy) is 5. The van der Waals surface area contributed by atoms with Gasteiger partial charge in [0.25, 0.3) is 0 Å². The van der Waals surface area contributed by atoms with Gasteiger partial charge in [-0.25, -0.2) is 4.98 Å². The summed E-state index contributed by atoms with van der Waals surface area (Å²) in [6.07, 6.45) is -0.635. The van der Waals surface area contributed by atoms with Crippen molar-refractivity contribution in [3.8, 4) is 11.9 Å². The highest BCUT2D eigenvalue weighted by Gasteiger charge is 2.65. The van der Waals surface area contributed by atoms with Crippen molar-refractivity contribution < 1.29 is 33.2 Å². The summed E-state index contributed by atoms with van der Waals surface area (Å²) in [6, 6.07) is 10.6. The molecule has 0 saturated carbocycles. The molecule has 2 unspecified atom stereocenters. The highest BCUT2D eigenvalue weighted by Crippen LogP contribution is 2.53. The molecule has 1 aromatic heterocycles. The van der Waals surface area contributed by atoms with E-state index in [1.165, 1.54) is 25.6 Å². The Morgan fingerprint density at radius 3 is 2.13 bits per heavy atom. The van der Waals surface area contributed by atoms with Crippen molar-refractivity contribution in [1.82, 2.24) is 9.97 Å². The zero-order valence-corrected chi connectivity index (χ0v) is 25.2. The third-order valence-electron chi connectivity index (χ3n) is 7.46. The fourth-order valence-electron chi connectivity index (χ4n) is 6.31. The van der Waals surface area contributed by atoms with Crippen LogP contribution in [-0.2, 0) is 24.4 Å². The summed E-state index contributed by atoms with van der Waals surface area (Å²) in [4.78, 5) is 8.43. The smallest absolute Gasteiger partial charge is 0.319 e. The zero-order valence-electron chi connectivity index (χ0n) is 24.2. The van der Waals surface area contributed by atoms with E-state index >= 15 is 0 Å². The van der Waals surface area contributed by atoms with E-state index in [9.17, 15) is 5.11 Å². The minimum atomic E-state index is -2.70. The van der Waals surface area contributed by atoms with Crippen LogP contribution in [0.15, 0.2) is 36.5 Å². The summed E-state index contributed by atoms with van der Waals surface area (Å²) < 4.78 is 36.6. The van der Waals surface area contributed by atoms with E-state index in [1.807, 2.05) is 19.9 Å². The number of aromatic nitrogens is 2. The Morgan fingerprint density at radius 1 is 0.947 bits per heavy atom. The molecule has 2 fully saturated rings. The van der Waals surface area contributed by atoms with E-state index in [1.54, 1.807) is 0 Å². The monoisotopic (exact) mass is 546 g/mol. The fraction of sp³-hybridized carbons (Fsp3) is 0.643. The first-order valence-electron chi connectivity index (χ1n) is 13.0. The van der Waals surface area contributed by atoms with Gasteiger partial charge in [0.15, 0.2) is 5.79 Å². The predicted molar refractivity (Wildman–Crippen MR) is 145 cm³/mol. The summed E-state index contributed by atoms with van der Waals surface area (Å²) >= 11 is 0. The van der Waals surface area contributed by atoms with Gasteiger partial charge in [-0.15, -0.1) is 0 Å². The molecule has 9 nitrogen and oxygen atoms in total. The van der Waals surface area contributed by atoms with Crippen molar-refractivity contribution in [2.24, 2.45) is 0 Å². The molecule has 1 N–H and O–H groups in total. The molecule has 0 radical (unpaired) electrons. The maximum Gasteiger partial charge on any atom is 0.319 e. The average molecular weight is 547 g/mol. The van der Waals surface area contributed by atoms with Gasteiger partial charge >= 0.3 is 6.01 Å². The van der Waals surface area contributed by atoms with Crippen LogP contribution in [0.1, 0.15) is 61.0 Å². The van der Waals surface area contributed by atoms with Crippen molar-refractivity contribution in [2.45, 2.75) is 95.4 Å². The molecule has 3 heterocycles. The van der Waals surface area contributed by atoms with Gasteiger partial charge in [-0.05, 0) is 29.1 Å². The number of hydrogen-bond donors (Lipinski definition) is 1. The van der Waals surface area contributed by atoms with Gasteiger partial charge < -0.3 is 33.2 Å². The lowest BCUT2D eigenvalue weighted by Crippen LogP contribution is -2.64. The number of methoxy groups -OCH3 is 2. The Hall–Kier alpha value is -2.08. The second kappa shape index (κ2) is 9.83. The van der Waals surface area contributed by atoms with Gasteiger partial charge in [-0.3, -0.25) is 0 Å². The zero-order chi connectivity index (χ0) is 28.1. The number of hydrogen-bond acceptors (Lipinski definition) is 9. The standard InChI is InChI=1S/C28H42N2O7Si/c1-25(2,3)38(26(4,5)6,18-14-12-11-13-15-18)34-17-20-21-22(37-27(7,8)36-21)28(31,35-20)19-16-29-24(33-10)30-23(19)32-9/h11-16,20-22,31H,17H2,1-10H3/t20-,21-,22?,28?/m1/s1. The van der Waals surface area contributed by atoms with Crippen LogP contribution in [0.4, 0.5) is 0 Å². The normalized spacial score (nSPS) is 27.3. The Bertz CT molecular complexity index is 1120. The first-order chi connectivity index (χ1) is 17.6. The molecule has 1 aromatic carbocycles. The average Bonchev–Trinajstić information content (AvgIpc) is 3.29. The van der Waals surface area contributed by atoms with Crippen LogP contribution in [0.2, 0.25) is 10.1 Å². The third kappa shape index (κ3) is 4.75. The van der Waals surface area contributed by atoms with Crippen LogP contribution in [0.5, 0.6) is 11.9 Å². The SMILES string of the molecule is COc1ncc(C2(O)O[C@H](CO[Si](c3ccccc3)(C(C)(C)C)C(C)(C)C)[C@H]3OC(C)(C)OC32)c(OC)n1. The van der Waals surface area contributed by atoms with Crippen molar-refractivity contribution in [2.75, 3.05) is 20.8 Å². The topological polar surface area (TPSA) is 101 Å². The van der Waals surface area contributed by atoms with Crippen LogP contribution in [0.25, 0.3) is 0 Å². The van der Waals surface area contributed by atoms with E-state index in [4.69, 9.17) is 28.1 Å². The largest absolute Gasteiger partial charge is 0.480 e. The summed E-state index contributed by atoms with van der Waals surface area (Å²) in [5.74, 6) is -2.73. The molecular formula is C28H42N2O7Si. The van der Waals surface area contributed by atoms with Gasteiger partial charge in [0.2, 0.25) is 20.0 Å². The molecule has 10 heteroatoms. The number of rotatable bonds is 7. The molecule has 2 aromatic rings. The van der Waals surface area contributed by atoms with Gasteiger partial charge in [0.1, 0.15) is 18.3 Å². The molecule has 2 aliphatic heterocycles. The lowest BCUT2D eigenvalue weighted by Gasteiger charge is -2.51. The Balaban J connectivity index is 1.74. The minimum absolute atomic E-state index is 0.113. The van der Waals surface area contributed by atoms with E-state index < -0.39 is 38.2 Å². The highest BCUT2D eigenvalue weighted by molar-refractivity contribution is 6.91. The Kier molecular flexibility index (Phi) is 7.48. The molecule has 4 rings (SSSR count). The molecule has 0 amide bonds.